The fraction of sp³-hybridized carbons (Fsp3) is 0.625. The van der Waals surface area contributed by atoms with Crippen molar-refractivity contribution in [1.82, 2.24) is 5.32 Å². The van der Waals surface area contributed by atoms with Crippen molar-refractivity contribution >= 4 is 23.2 Å². The van der Waals surface area contributed by atoms with Gasteiger partial charge in [-0.25, -0.2) is 0 Å². The van der Waals surface area contributed by atoms with Gasteiger partial charge in [-0.05, 0) is 49.4 Å². The number of nitrogens with one attached hydrogen (secondary N) is 1. The van der Waals surface area contributed by atoms with Crippen molar-refractivity contribution in [2.45, 2.75) is 51.5 Å². The molecule has 1 heterocycles. The van der Waals surface area contributed by atoms with Crippen LogP contribution in [0, 0.1) is 5.92 Å². The Bertz CT molecular complexity index is 421. The molecule has 1 aromatic rings. The van der Waals surface area contributed by atoms with Gasteiger partial charge in [0.1, 0.15) is 0 Å². The molecule has 1 aliphatic rings. The normalized spacial score (nSPS) is 24.5. The molecule has 1 aliphatic heterocycles. The van der Waals surface area contributed by atoms with Gasteiger partial charge in [-0.2, -0.15) is 0 Å². The van der Waals surface area contributed by atoms with Crippen LogP contribution in [0.15, 0.2) is 18.2 Å². The molecule has 0 aliphatic carbocycles. The van der Waals surface area contributed by atoms with Crippen LogP contribution < -0.4 is 5.32 Å². The third-order valence-electron chi connectivity index (χ3n) is 4.39. The number of benzene rings is 1. The summed E-state index contributed by atoms with van der Waals surface area (Å²) < 4.78 is 0. The molecular formula is C16H23Cl2N. The minimum atomic E-state index is 0.202. The van der Waals surface area contributed by atoms with Crippen LogP contribution in [0.2, 0.25) is 10.0 Å². The van der Waals surface area contributed by atoms with Gasteiger partial charge in [-0.3, -0.25) is 0 Å². The van der Waals surface area contributed by atoms with E-state index in [1.165, 1.54) is 31.2 Å². The zero-order chi connectivity index (χ0) is 13.9. The first-order valence-electron chi connectivity index (χ1n) is 7.22. The molecule has 19 heavy (non-hydrogen) atoms. The summed E-state index contributed by atoms with van der Waals surface area (Å²) in [6.45, 7) is 5.76. The van der Waals surface area contributed by atoms with Gasteiger partial charge in [0, 0.05) is 5.54 Å². The van der Waals surface area contributed by atoms with E-state index in [1.54, 1.807) is 0 Å². The third kappa shape index (κ3) is 3.65. The maximum absolute atomic E-state index is 6.14. The van der Waals surface area contributed by atoms with Crippen LogP contribution in [0.1, 0.15) is 45.1 Å². The van der Waals surface area contributed by atoms with Crippen molar-refractivity contribution in [3.8, 4) is 0 Å². The monoisotopic (exact) mass is 299 g/mol. The van der Waals surface area contributed by atoms with Crippen LogP contribution in [0.4, 0.5) is 0 Å². The molecule has 1 N–H and O–H groups in total. The van der Waals surface area contributed by atoms with E-state index >= 15 is 0 Å². The number of rotatable bonds is 3. The molecule has 106 valence electrons. The molecule has 1 fully saturated rings. The Morgan fingerprint density at radius 2 is 1.95 bits per heavy atom. The van der Waals surface area contributed by atoms with E-state index in [0.717, 1.165) is 13.0 Å². The van der Waals surface area contributed by atoms with Gasteiger partial charge in [-0.1, -0.05) is 56.0 Å². The molecule has 1 atom stereocenters. The van der Waals surface area contributed by atoms with Crippen molar-refractivity contribution < 1.29 is 0 Å². The van der Waals surface area contributed by atoms with Crippen LogP contribution in [0.3, 0.4) is 0 Å². The first-order chi connectivity index (χ1) is 9.03. The van der Waals surface area contributed by atoms with E-state index in [9.17, 15) is 0 Å². The molecule has 0 amide bonds. The van der Waals surface area contributed by atoms with Gasteiger partial charge in [0.25, 0.3) is 0 Å². The van der Waals surface area contributed by atoms with Crippen molar-refractivity contribution in [2.75, 3.05) is 6.54 Å². The summed E-state index contributed by atoms with van der Waals surface area (Å²) in [7, 11) is 0. The second kappa shape index (κ2) is 6.47. The standard InChI is InChI=1S/C16H23Cl2N/c1-12(2)16(8-4-3-5-9-19-16)11-13-6-7-14(17)15(18)10-13/h6-7,10,12,19H,3-5,8-9,11H2,1-2H3. The maximum Gasteiger partial charge on any atom is 0.0595 e. The summed E-state index contributed by atoms with van der Waals surface area (Å²) in [4.78, 5) is 0. The molecule has 0 saturated carbocycles. The van der Waals surface area contributed by atoms with Gasteiger partial charge in [0.05, 0.1) is 10.0 Å². The van der Waals surface area contributed by atoms with Crippen molar-refractivity contribution in [1.29, 1.82) is 0 Å². The summed E-state index contributed by atoms with van der Waals surface area (Å²) in [5.41, 5.74) is 1.48. The quantitative estimate of drug-likeness (QED) is 0.819. The Balaban J connectivity index is 2.22. The van der Waals surface area contributed by atoms with Gasteiger partial charge in [0.2, 0.25) is 0 Å². The molecular weight excluding hydrogens is 277 g/mol. The first-order valence-corrected chi connectivity index (χ1v) is 7.98. The Hall–Kier alpha value is -0.240. The van der Waals surface area contributed by atoms with E-state index in [0.29, 0.717) is 16.0 Å². The highest BCUT2D eigenvalue weighted by atomic mass is 35.5. The van der Waals surface area contributed by atoms with E-state index in [2.05, 4.69) is 25.2 Å². The zero-order valence-corrected chi connectivity index (χ0v) is 13.3. The van der Waals surface area contributed by atoms with Crippen molar-refractivity contribution in [3.63, 3.8) is 0 Å². The lowest BCUT2D eigenvalue weighted by Crippen LogP contribution is -2.50. The molecule has 1 unspecified atom stereocenters. The largest absolute Gasteiger partial charge is 0.311 e. The molecule has 3 heteroatoms. The Morgan fingerprint density at radius 3 is 2.63 bits per heavy atom. The SMILES string of the molecule is CC(C)C1(Cc2ccc(Cl)c(Cl)c2)CCCCCN1. The highest BCUT2D eigenvalue weighted by Gasteiger charge is 2.34. The van der Waals surface area contributed by atoms with Crippen LogP contribution in [0.5, 0.6) is 0 Å². The van der Waals surface area contributed by atoms with Gasteiger partial charge >= 0.3 is 0 Å². The molecule has 0 spiro atoms. The average Bonchev–Trinajstić information content (AvgIpc) is 2.60. The smallest absolute Gasteiger partial charge is 0.0595 e. The molecule has 1 nitrogen and oxygen atoms in total. The minimum absolute atomic E-state index is 0.202. The highest BCUT2D eigenvalue weighted by molar-refractivity contribution is 6.42. The number of halogens is 2. The van der Waals surface area contributed by atoms with E-state index in [4.69, 9.17) is 23.2 Å². The summed E-state index contributed by atoms with van der Waals surface area (Å²) in [5.74, 6) is 0.611. The van der Waals surface area contributed by atoms with Crippen LogP contribution in [-0.4, -0.2) is 12.1 Å². The van der Waals surface area contributed by atoms with Crippen LogP contribution in [0.25, 0.3) is 0 Å². The lowest BCUT2D eigenvalue weighted by molar-refractivity contribution is 0.226. The molecule has 0 bridgehead atoms. The summed E-state index contributed by atoms with van der Waals surface area (Å²) >= 11 is 12.1. The Morgan fingerprint density at radius 1 is 1.16 bits per heavy atom. The van der Waals surface area contributed by atoms with Crippen molar-refractivity contribution in [3.05, 3.63) is 33.8 Å². The summed E-state index contributed by atoms with van der Waals surface area (Å²) in [6, 6.07) is 6.02. The lowest BCUT2D eigenvalue weighted by atomic mass is 9.77. The van der Waals surface area contributed by atoms with Crippen LogP contribution in [-0.2, 0) is 6.42 Å². The van der Waals surface area contributed by atoms with E-state index in [1.807, 2.05) is 12.1 Å². The fourth-order valence-electron chi connectivity index (χ4n) is 3.03. The molecule has 0 aromatic heterocycles. The lowest BCUT2D eigenvalue weighted by Gasteiger charge is -2.38. The predicted molar refractivity (Wildman–Crippen MR) is 84.2 cm³/mol. The minimum Gasteiger partial charge on any atom is -0.311 e. The number of hydrogen-bond donors (Lipinski definition) is 1. The second-order valence-corrected chi connectivity index (χ2v) is 6.79. The van der Waals surface area contributed by atoms with Crippen molar-refractivity contribution in [2.24, 2.45) is 5.92 Å². The zero-order valence-electron chi connectivity index (χ0n) is 11.8. The summed E-state index contributed by atoms with van der Waals surface area (Å²) in [6.07, 6.45) is 6.21. The predicted octanol–water partition coefficient (Wildman–Crippen LogP) is 5.09. The van der Waals surface area contributed by atoms with E-state index in [-0.39, 0.29) is 5.54 Å². The third-order valence-corrected chi connectivity index (χ3v) is 5.12. The fourth-order valence-corrected chi connectivity index (χ4v) is 3.35. The molecule has 1 aromatic carbocycles. The van der Waals surface area contributed by atoms with Gasteiger partial charge < -0.3 is 5.32 Å². The van der Waals surface area contributed by atoms with Gasteiger partial charge in [-0.15, -0.1) is 0 Å². The molecule has 0 radical (unpaired) electrons. The summed E-state index contributed by atoms with van der Waals surface area (Å²) in [5, 5.41) is 5.10. The second-order valence-electron chi connectivity index (χ2n) is 5.97. The molecule has 2 rings (SSSR count). The first kappa shape index (κ1) is 15.2. The Labute approximate surface area is 126 Å². The van der Waals surface area contributed by atoms with E-state index < -0.39 is 0 Å². The van der Waals surface area contributed by atoms with Gasteiger partial charge in [0.15, 0.2) is 0 Å². The molecule has 1 saturated heterocycles. The van der Waals surface area contributed by atoms with Crippen LogP contribution >= 0.6 is 23.2 Å². The topological polar surface area (TPSA) is 12.0 Å². The number of hydrogen-bond acceptors (Lipinski definition) is 1. The maximum atomic E-state index is 6.14. The average molecular weight is 300 g/mol. The Kier molecular flexibility index (Phi) is 5.16. The highest BCUT2D eigenvalue weighted by Crippen LogP contribution is 2.32.